The summed E-state index contributed by atoms with van der Waals surface area (Å²) < 4.78 is 4.77. The Labute approximate surface area is 100 Å². The van der Waals surface area contributed by atoms with Crippen molar-refractivity contribution in [3.63, 3.8) is 0 Å². The quantitative estimate of drug-likeness (QED) is 0.640. The van der Waals surface area contributed by atoms with E-state index in [1.165, 1.54) is 7.11 Å². The highest BCUT2D eigenvalue weighted by Crippen LogP contribution is 2.36. The van der Waals surface area contributed by atoms with Crippen molar-refractivity contribution >= 4 is 5.97 Å². The normalized spacial score (nSPS) is 35.4. The fraction of sp³-hybridized carbons (Fsp3) is 0.909. The molecule has 98 valence electrons. The van der Waals surface area contributed by atoms with E-state index in [0.717, 1.165) is 25.8 Å². The summed E-state index contributed by atoms with van der Waals surface area (Å²) in [5.41, 5.74) is 0. The third-order valence-corrected chi connectivity index (χ3v) is 3.56. The Morgan fingerprint density at radius 3 is 3.00 bits per heavy atom. The van der Waals surface area contributed by atoms with E-state index < -0.39 is 24.7 Å². The molecule has 6 heteroatoms. The monoisotopic (exact) mass is 245 g/mol. The first kappa shape index (κ1) is 12.8. The van der Waals surface area contributed by atoms with E-state index in [2.05, 4.69) is 0 Å². The number of hydrogen-bond donors (Lipinski definition) is 2. The summed E-state index contributed by atoms with van der Waals surface area (Å²) in [6.45, 7) is 0.339. The van der Waals surface area contributed by atoms with Gasteiger partial charge in [0.1, 0.15) is 18.1 Å². The molecule has 0 bridgehead atoms. The van der Waals surface area contributed by atoms with E-state index in [9.17, 15) is 9.90 Å². The lowest BCUT2D eigenvalue weighted by Crippen LogP contribution is -2.42. The first-order chi connectivity index (χ1) is 8.19. The molecule has 0 unspecified atom stereocenters. The predicted octanol–water partition coefficient (Wildman–Crippen LogP) is -0.703. The van der Waals surface area contributed by atoms with E-state index in [0.29, 0.717) is 0 Å². The predicted molar refractivity (Wildman–Crippen MR) is 57.8 cm³/mol. The number of piperidine rings is 1. The molecule has 0 saturated carbocycles. The summed E-state index contributed by atoms with van der Waals surface area (Å²) in [5.74, 6) is -0.889. The minimum atomic E-state index is -1.05. The van der Waals surface area contributed by atoms with Crippen molar-refractivity contribution in [3.8, 4) is 0 Å². The maximum Gasteiger partial charge on any atom is 0.313 e. The number of carbonyl (C=O) groups is 1. The van der Waals surface area contributed by atoms with E-state index in [-0.39, 0.29) is 12.0 Å². The Balaban J connectivity index is 2.17. The molecule has 2 rings (SSSR count). The zero-order valence-corrected chi connectivity index (χ0v) is 9.91. The van der Waals surface area contributed by atoms with Crippen LogP contribution < -0.4 is 0 Å². The van der Waals surface area contributed by atoms with Crippen LogP contribution in [0.4, 0.5) is 0 Å². The van der Waals surface area contributed by atoms with Crippen molar-refractivity contribution in [1.82, 2.24) is 5.06 Å². The summed E-state index contributed by atoms with van der Waals surface area (Å²) >= 11 is 0. The molecule has 0 aromatic carbocycles. The number of aliphatic hydroxyl groups excluding tert-OH is 2. The van der Waals surface area contributed by atoms with E-state index in [1.54, 1.807) is 5.06 Å². The Morgan fingerprint density at radius 1 is 1.59 bits per heavy atom. The van der Waals surface area contributed by atoms with Gasteiger partial charge in [-0.25, -0.2) is 0 Å². The number of hydrogen-bond acceptors (Lipinski definition) is 6. The SMILES string of the molecule is COC(=O)[C@H]1[C@H]([C@@H](O)CO)ON2CCCC[C@H]12. The standard InChI is InChI=1S/C11H19NO5/c1-16-11(15)9-7-4-2-3-5-12(7)17-10(9)8(14)6-13/h7-10,13-14H,2-6H2,1H3/t7-,8+,9-,10+/m1/s1. The maximum absolute atomic E-state index is 11.8. The van der Waals surface area contributed by atoms with Crippen molar-refractivity contribution in [1.29, 1.82) is 0 Å². The Kier molecular flexibility index (Phi) is 3.98. The molecule has 4 atom stereocenters. The number of nitrogens with zero attached hydrogens (tertiary/aromatic N) is 1. The molecule has 2 aliphatic rings. The van der Waals surface area contributed by atoms with Crippen LogP contribution in [0, 0.1) is 5.92 Å². The number of rotatable bonds is 3. The number of hydroxylamine groups is 2. The molecule has 2 N–H and O–H groups in total. The van der Waals surface area contributed by atoms with Gasteiger partial charge in [0, 0.05) is 6.54 Å². The van der Waals surface area contributed by atoms with Crippen molar-refractivity contribution in [2.24, 2.45) is 5.92 Å². The van der Waals surface area contributed by atoms with E-state index >= 15 is 0 Å². The van der Waals surface area contributed by atoms with Gasteiger partial charge in [0.15, 0.2) is 0 Å². The second-order valence-electron chi connectivity index (χ2n) is 4.57. The fourth-order valence-electron chi connectivity index (χ4n) is 2.70. The van der Waals surface area contributed by atoms with Crippen LogP contribution in [0.1, 0.15) is 19.3 Å². The van der Waals surface area contributed by atoms with Crippen LogP contribution in [0.15, 0.2) is 0 Å². The highest BCUT2D eigenvalue weighted by Gasteiger charge is 2.51. The van der Waals surface area contributed by atoms with Gasteiger partial charge in [-0.3, -0.25) is 9.63 Å². The van der Waals surface area contributed by atoms with Gasteiger partial charge < -0.3 is 14.9 Å². The molecular formula is C11H19NO5. The molecule has 0 aromatic heterocycles. The summed E-state index contributed by atoms with van der Waals surface area (Å²) in [6, 6.07) is -0.0394. The summed E-state index contributed by atoms with van der Waals surface area (Å²) in [5, 5.41) is 20.5. The van der Waals surface area contributed by atoms with Crippen LogP contribution in [0.5, 0.6) is 0 Å². The average Bonchev–Trinajstić information content (AvgIpc) is 2.76. The maximum atomic E-state index is 11.8. The Bertz CT molecular complexity index is 285. The number of carbonyl (C=O) groups excluding carboxylic acids is 1. The van der Waals surface area contributed by atoms with Gasteiger partial charge >= 0.3 is 5.97 Å². The number of aliphatic hydroxyl groups is 2. The second-order valence-corrected chi connectivity index (χ2v) is 4.57. The second kappa shape index (κ2) is 5.30. The third-order valence-electron chi connectivity index (χ3n) is 3.56. The summed E-state index contributed by atoms with van der Waals surface area (Å²) in [7, 11) is 1.33. The van der Waals surface area contributed by atoms with Crippen molar-refractivity contribution < 1.29 is 24.6 Å². The Hall–Kier alpha value is -0.690. The zero-order chi connectivity index (χ0) is 12.4. The average molecular weight is 245 g/mol. The van der Waals surface area contributed by atoms with Gasteiger partial charge in [-0.2, -0.15) is 5.06 Å². The number of methoxy groups -OCH3 is 1. The first-order valence-corrected chi connectivity index (χ1v) is 5.99. The molecule has 2 aliphatic heterocycles. The molecule has 0 aromatic rings. The van der Waals surface area contributed by atoms with Crippen molar-refractivity contribution in [2.75, 3.05) is 20.3 Å². The molecule has 0 aliphatic carbocycles. The minimum absolute atomic E-state index is 0.0394. The van der Waals surface area contributed by atoms with Crippen LogP contribution in [0.2, 0.25) is 0 Å². The number of ether oxygens (including phenoxy) is 1. The van der Waals surface area contributed by atoms with E-state index in [4.69, 9.17) is 14.7 Å². The highest BCUT2D eigenvalue weighted by atomic mass is 16.7. The molecular weight excluding hydrogens is 226 g/mol. The molecule has 2 saturated heterocycles. The van der Waals surface area contributed by atoms with Crippen molar-refractivity contribution in [2.45, 2.75) is 37.5 Å². The van der Waals surface area contributed by atoms with Gasteiger partial charge in [0.25, 0.3) is 0 Å². The summed E-state index contributed by atoms with van der Waals surface area (Å²) in [6.07, 6.45) is 1.17. The Morgan fingerprint density at radius 2 is 2.35 bits per heavy atom. The third kappa shape index (κ3) is 2.30. The molecule has 6 nitrogen and oxygen atoms in total. The molecule has 17 heavy (non-hydrogen) atoms. The van der Waals surface area contributed by atoms with Gasteiger partial charge in [-0.05, 0) is 12.8 Å². The molecule has 0 amide bonds. The summed E-state index contributed by atoms with van der Waals surface area (Å²) in [4.78, 5) is 17.4. The van der Waals surface area contributed by atoms with Crippen LogP contribution in [0.25, 0.3) is 0 Å². The molecule has 2 fully saturated rings. The molecule has 2 heterocycles. The van der Waals surface area contributed by atoms with Crippen LogP contribution in [-0.2, 0) is 14.4 Å². The lowest BCUT2D eigenvalue weighted by Gasteiger charge is -2.28. The van der Waals surface area contributed by atoms with Gasteiger partial charge in [0.2, 0.25) is 0 Å². The van der Waals surface area contributed by atoms with Gasteiger partial charge in [-0.15, -0.1) is 0 Å². The van der Waals surface area contributed by atoms with E-state index in [1.807, 2.05) is 0 Å². The fourth-order valence-corrected chi connectivity index (χ4v) is 2.70. The minimum Gasteiger partial charge on any atom is -0.469 e. The topological polar surface area (TPSA) is 79.2 Å². The molecule has 0 radical (unpaired) electrons. The van der Waals surface area contributed by atoms with Crippen LogP contribution >= 0.6 is 0 Å². The van der Waals surface area contributed by atoms with Crippen LogP contribution in [0.3, 0.4) is 0 Å². The smallest absolute Gasteiger partial charge is 0.313 e. The van der Waals surface area contributed by atoms with Gasteiger partial charge in [-0.1, -0.05) is 6.42 Å². The molecule has 0 spiro atoms. The van der Waals surface area contributed by atoms with Crippen molar-refractivity contribution in [3.05, 3.63) is 0 Å². The highest BCUT2D eigenvalue weighted by molar-refractivity contribution is 5.74. The lowest BCUT2D eigenvalue weighted by molar-refractivity contribution is -0.197. The number of esters is 1. The zero-order valence-electron chi connectivity index (χ0n) is 9.91. The number of fused-ring (bicyclic) bond motifs is 1. The van der Waals surface area contributed by atoms with Gasteiger partial charge in [0.05, 0.1) is 19.8 Å². The first-order valence-electron chi connectivity index (χ1n) is 5.99. The largest absolute Gasteiger partial charge is 0.469 e. The van der Waals surface area contributed by atoms with Crippen LogP contribution in [-0.4, -0.2) is 59.8 Å². The lowest BCUT2D eigenvalue weighted by atomic mass is 9.87.